The molecule has 2 aromatic heterocycles. The van der Waals surface area contributed by atoms with Gasteiger partial charge in [0.1, 0.15) is 0 Å². The number of fused-ring (bicyclic) bond motifs is 6. The van der Waals surface area contributed by atoms with Gasteiger partial charge in [0.15, 0.2) is 5.69 Å². The molecule has 6 aromatic carbocycles. The van der Waals surface area contributed by atoms with Crippen molar-refractivity contribution in [3.05, 3.63) is 150 Å². The van der Waals surface area contributed by atoms with E-state index in [1.54, 1.807) is 0 Å². The highest BCUT2D eigenvalue weighted by Gasteiger charge is 2.16. The van der Waals surface area contributed by atoms with Gasteiger partial charge in [0, 0.05) is 27.5 Å². The van der Waals surface area contributed by atoms with Crippen LogP contribution in [0.25, 0.3) is 71.0 Å². The lowest BCUT2D eigenvalue weighted by atomic mass is 10.0. The molecule has 0 saturated carbocycles. The van der Waals surface area contributed by atoms with Crippen molar-refractivity contribution in [2.45, 2.75) is 0 Å². The monoisotopic (exact) mass is 534 g/mol. The second kappa shape index (κ2) is 9.24. The Bertz CT molecular complexity index is 2390. The number of aromatic nitrogens is 2. The molecule has 0 aliphatic rings. The number of hydrogen-bond acceptors (Lipinski definition) is 1. The van der Waals surface area contributed by atoms with Crippen LogP contribution in [0.2, 0.25) is 0 Å². The number of nitrogens with zero attached hydrogens (tertiary/aromatic N) is 4. The van der Waals surface area contributed by atoms with Crippen molar-refractivity contribution in [3.8, 4) is 28.6 Å². The van der Waals surface area contributed by atoms with Crippen LogP contribution in [-0.4, -0.2) is 9.13 Å². The number of nitriles is 1. The summed E-state index contributed by atoms with van der Waals surface area (Å²) in [4.78, 5) is 3.66. The molecular weight excluding hydrogens is 512 g/mol. The molecule has 0 radical (unpaired) electrons. The lowest BCUT2D eigenvalue weighted by Crippen LogP contribution is -1.97. The minimum Gasteiger partial charge on any atom is -0.309 e. The van der Waals surface area contributed by atoms with Crippen molar-refractivity contribution in [3.63, 3.8) is 0 Å². The largest absolute Gasteiger partial charge is 0.309 e. The van der Waals surface area contributed by atoms with E-state index in [2.05, 4.69) is 111 Å². The van der Waals surface area contributed by atoms with Crippen LogP contribution in [0.5, 0.6) is 0 Å². The zero-order chi connectivity index (χ0) is 28.2. The molecule has 42 heavy (non-hydrogen) atoms. The third-order valence-corrected chi connectivity index (χ3v) is 8.11. The summed E-state index contributed by atoms with van der Waals surface area (Å²) in [6, 6.07) is 48.0. The predicted molar refractivity (Wildman–Crippen MR) is 172 cm³/mol. The quantitative estimate of drug-likeness (QED) is 0.208. The van der Waals surface area contributed by atoms with E-state index in [4.69, 9.17) is 6.57 Å². The topological polar surface area (TPSA) is 38.0 Å². The van der Waals surface area contributed by atoms with Crippen LogP contribution in [-0.2, 0) is 0 Å². The first-order valence-corrected chi connectivity index (χ1v) is 13.8. The molecule has 0 bridgehead atoms. The second-order valence-electron chi connectivity index (χ2n) is 10.5. The van der Waals surface area contributed by atoms with Gasteiger partial charge >= 0.3 is 0 Å². The van der Waals surface area contributed by atoms with Gasteiger partial charge < -0.3 is 9.13 Å². The molecule has 0 amide bonds. The third kappa shape index (κ3) is 3.53. The van der Waals surface area contributed by atoms with E-state index in [1.165, 1.54) is 10.8 Å². The van der Waals surface area contributed by atoms with E-state index < -0.39 is 0 Å². The molecule has 8 aromatic rings. The highest BCUT2D eigenvalue weighted by Crippen LogP contribution is 2.37. The summed E-state index contributed by atoms with van der Waals surface area (Å²) in [5.74, 6) is 0. The number of rotatable bonds is 3. The minimum absolute atomic E-state index is 0.610. The molecule has 8 rings (SSSR count). The summed E-state index contributed by atoms with van der Waals surface area (Å²) >= 11 is 0. The molecule has 4 nitrogen and oxygen atoms in total. The molecule has 0 aliphatic carbocycles. The molecule has 0 atom stereocenters. The fourth-order valence-corrected chi connectivity index (χ4v) is 6.31. The van der Waals surface area contributed by atoms with Gasteiger partial charge in [0.25, 0.3) is 0 Å². The number of benzene rings is 6. The van der Waals surface area contributed by atoms with E-state index in [0.717, 1.165) is 55.3 Å². The molecular formula is C38H22N4. The van der Waals surface area contributed by atoms with Crippen molar-refractivity contribution >= 4 is 49.3 Å². The first-order chi connectivity index (χ1) is 20.7. The molecule has 0 saturated heterocycles. The van der Waals surface area contributed by atoms with Crippen molar-refractivity contribution in [1.29, 1.82) is 5.26 Å². The summed E-state index contributed by atoms with van der Waals surface area (Å²) in [6.07, 6.45) is 0. The lowest BCUT2D eigenvalue weighted by Gasteiger charge is -2.13. The Balaban J connectivity index is 1.35. The lowest BCUT2D eigenvalue weighted by molar-refractivity contribution is 1.17. The molecule has 194 valence electrons. The molecule has 2 heterocycles. The van der Waals surface area contributed by atoms with Crippen LogP contribution in [0.1, 0.15) is 5.56 Å². The van der Waals surface area contributed by atoms with E-state index in [1.807, 2.05) is 42.5 Å². The minimum atomic E-state index is 0.610. The molecule has 0 aliphatic heterocycles. The van der Waals surface area contributed by atoms with Crippen molar-refractivity contribution in [2.24, 2.45) is 0 Å². The Morgan fingerprint density at radius 2 is 1.07 bits per heavy atom. The van der Waals surface area contributed by atoms with E-state index >= 15 is 0 Å². The van der Waals surface area contributed by atoms with Gasteiger partial charge in [-0.3, -0.25) is 0 Å². The van der Waals surface area contributed by atoms with Crippen molar-refractivity contribution in [1.82, 2.24) is 9.13 Å². The SMILES string of the molecule is [C-]#[N+]c1ccc2c(c1)c1ccccc1n2-c1cccc(-c2cc(C#N)cc(-n3c4ccccc4c4ccccc43)c2)c1. The predicted octanol–water partition coefficient (Wildman–Crippen LogP) is 9.97. The zero-order valence-corrected chi connectivity index (χ0v) is 22.5. The highest BCUT2D eigenvalue weighted by atomic mass is 15.0. The Kier molecular flexibility index (Phi) is 5.22. The van der Waals surface area contributed by atoms with Gasteiger partial charge in [0.2, 0.25) is 0 Å². The standard InChI is InChI=1S/C38H22N4/c1-40-28-17-18-38-34(23-28)33-13-4-7-16-37(33)41(38)29-10-8-9-26(21-29)27-19-25(24-39)20-30(22-27)42-35-14-5-2-11-31(35)32-12-3-6-15-36(32)42/h2-23H. The van der Waals surface area contributed by atoms with Crippen LogP contribution in [0.15, 0.2) is 133 Å². The van der Waals surface area contributed by atoms with Crippen LogP contribution < -0.4 is 0 Å². The summed E-state index contributed by atoms with van der Waals surface area (Å²) in [5, 5.41) is 14.6. The fraction of sp³-hybridized carbons (Fsp3) is 0. The van der Waals surface area contributed by atoms with Crippen LogP contribution in [0.3, 0.4) is 0 Å². The van der Waals surface area contributed by atoms with Gasteiger partial charge in [-0.05, 0) is 77.2 Å². The molecule has 0 spiro atoms. The summed E-state index contributed by atoms with van der Waals surface area (Å²) in [5.41, 5.74) is 9.57. The van der Waals surface area contributed by atoms with E-state index in [9.17, 15) is 5.26 Å². The maximum Gasteiger partial charge on any atom is 0.188 e. The Morgan fingerprint density at radius 3 is 1.71 bits per heavy atom. The van der Waals surface area contributed by atoms with Crippen LogP contribution in [0.4, 0.5) is 5.69 Å². The summed E-state index contributed by atoms with van der Waals surface area (Å²) < 4.78 is 4.50. The van der Waals surface area contributed by atoms with Gasteiger partial charge in [-0.1, -0.05) is 72.8 Å². The van der Waals surface area contributed by atoms with E-state index in [0.29, 0.717) is 11.3 Å². The first kappa shape index (κ1) is 23.8. The number of hydrogen-bond donors (Lipinski definition) is 0. The van der Waals surface area contributed by atoms with Gasteiger partial charge in [-0.2, -0.15) is 5.26 Å². The van der Waals surface area contributed by atoms with E-state index in [-0.39, 0.29) is 0 Å². The maximum atomic E-state index is 10.1. The third-order valence-electron chi connectivity index (χ3n) is 8.11. The summed E-state index contributed by atoms with van der Waals surface area (Å²) in [7, 11) is 0. The normalized spacial score (nSPS) is 11.3. The smallest absolute Gasteiger partial charge is 0.188 e. The number of para-hydroxylation sites is 3. The fourth-order valence-electron chi connectivity index (χ4n) is 6.31. The second-order valence-corrected chi connectivity index (χ2v) is 10.5. The molecule has 0 unspecified atom stereocenters. The molecule has 0 fully saturated rings. The van der Waals surface area contributed by atoms with Crippen molar-refractivity contribution < 1.29 is 0 Å². The van der Waals surface area contributed by atoms with Crippen LogP contribution in [0, 0.1) is 17.9 Å². The molecule has 4 heteroatoms. The Hall–Kier alpha value is -6.10. The first-order valence-electron chi connectivity index (χ1n) is 13.8. The molecule has 0 N–H and O–H groups in total. The summed E-state index contributed by atoms with van der Waals surface area (Å²) in [6.45, 7) is 7.51. The van der Waals surface area contributed by atoms with Gasteiger partial charge in [0.05, 0.1) is 40.3 Å². The highest BCUT2D eigenvalue weighted by molar-refractivity contribution is 6.11. The van der Waals surface area contributed by atoms with Crippen molar-refractivity contribution in [2.75, 3.05) is 0 Å². The Labute approximate surface area is 242 Å². The Morgan fingerprint density at radius 1 is 0.500 bits per heavy atom. The zero-order valence-electron chi connectivity index (χ0n) is 22.5. The van der Waals surface area contributed by atoms with Gasteiger partial charge in [-0.25, -0.2) is 4.85 Å². The van der Waals surface area contributed by atoms with Crippen LogP contribution >= 0.6 is 0 Å². The van der Waals surface area contributed by atoms with Gasteiger partial charge in [-0.15, -0.1) is 0 Å². The average molecular weight is 535 g/mol. The maximum absolute atomic E-state index is 10.1. The average Bonchev–Trinajstić information content (AvgIpc) is 3.57.